The zero-order valence-electron chi connectivity index (χ0n) is 14.0. The number of hydroxylamine groups is 1. The third kappa shape index (κ3) is 1.88. The Kier molecular flexibility index (Phi) is 3.40. The molecule has 0 aliphatic heterocycles. The van der Waals surface area contributed by atoms with E-state index in [9.17, 15) is 10.3 Å². The molecule has 4 aliphatic carbocycles. The van der Waals surface area contributed by atoms with Crippen LogP contribution in [-0.4, -0.2) is 16.4 Å². The third-order valence-corrected chi connectivity index (χ3v) is 8.37. The van der Waals surface area contributed by atoms with Gasteiger partial charge in [0.25, 0.3) is 0 Å². The molecule has 3 heteroatoms. The highest BCUT2D eigenvalue weighted by molar-refractivity contribution is 5.16. The fourth-order valence-corrected chi connectivity index (χ4v) is 6.93. The van der Waals surface area contributed by atoms with Crippen molar-refractivity contribution in [2.75, 3.05) is 0 Å². The molecule has 22 heavy (non-hydrogen) atoms. The lowest BCUT2D eigenvalue weighted by Crippen LogP contribution is -2.53. The average Bonchev–Trinajstić information content (AvgIpc) is 2.82. The minimum absolute atomic E-state index is 0.0691. The molecule has 124 valence electrons. The number of aliphatic hydroxyl groups is 1. The van der Waals surface area contributed by atoms with Crippen LogP contribution in [-0.2, 0) is 0 Å². The summed E-state index contributed by atoms with van der Waals surface area (Å²) in [6.45, 7) is 4.86. The maximum atomic E-state index is 10.5. The third-order valence-electron chi connectivity index (χ3n) is 8.37. The number of allylic oxidation sites excluding steroid dienone is 2. The van der Waals surface area contributed by atoms with Gasteiger partial charge in [-0.05, 0) is 85.9 Å². The average molecular weight is 305 g/mol. The minimum Gasteiger partial charge on any atom is -0.393 e. The molecule has 0 heterocycles. The second-order valence-corrected chi connectivity index (χ2v) is 9.01. The summed E-state index contributed by atoms with van der Waals surface area (Å²) in [7, 11) is 0. The topological polar surface area (TPSA) is 52.5 Å². The second kappa shape index (κ2) is 4.98. The SMILES string of the molecule is C[C@@]12CCC(NO)=C[C@H]1CC[C@H]1[C@H]2CC[C@]2(C)[C@H](O)CC[C@@H]12. The van der Waals surface area contributed by atoms with Crippen molar-refractivity contribution in [3.05, 3.63) is 11.8 Å². The summed E-state index contributed by atoms with van der Waals surface area (Å²) in [6.07, 6.45) is 11.7. The maximum Gasteiger partial charge on any atom is 0.0596 e. The van der Waals surface area contributed by atoms with Crippen molar-refractivity contribution in [1.29, 1.82) is 0 Å². The molecule has 3 saturated carbocycles. The van der Waals surface area contributed by atoms with Crippen LogP contribution >= 0.6 is 0 Å². The van der Waals surface area contributed by atoms with Gasteiger partial charge in [-0.15, -0.1) is 0 Å². The van der Waals surface area contributed by atoms with Crippen LogP contribution in [0.15, 0.2) is 11.8 Å². The molecular weight excluding hydrogens is 274 g/mol. The number of rotatable bonds is 1. The molecule has 0 aromatic rings. The molecule has 7 atom stereocenters. The summed E-state index contributed by atoms with van der Waals surface area (Å²) in [5, 5.41) is 19.7. The lowest BCUT2D eigenvalue weighted by Gasteiger charge is -2.59. The van der Waals surface area contributed by atoms with E-state index in [-0.39, 0.29) is 11.5 Å². The molecule has 0 amide bonds. The van der Waals surface area contributed by atoms with Crippen LogP contribution in [0.3, 0.4) is 0 Å². The molecule has 0 aromatic carbocycles. The summed E-state index contributed by atoms with van der Waals surface area (Å²) in [5.74, 6) is 2.98. The second-order valence-electron chi connectivity index (χ2n) is 9.01. The molecule has 0 bridgehead atoms. The van der Waals surface area contributed by atoms with Crippen LogP contribution in [0.4, 0.5) is 0 Å². The Bertz CT molecular complexity index is 490. The van der Waals surface area contributed by atoms with Gasteiger partial charge in [-0.1, -0.05) is 19.9 Å². The monoisotopic (exact) mass is 305 g/mol. The molecule has 0 saturated heterocycles. The van der Waals surface area contributed by atoms with E-state index in [1.54, 1.807) is 0 Å². The van der Waals surface area contributed by atoms with Crippen molar-refractivity contribution in [1.82, 2.24) is 5.48 Å². The Morgan fingerprint density at radius 2 is 1.77 bits per heavy atom. The van der Waals surface area contributed by atoms with Crippen molar-refractivity contribution in [3.8, 4) is 0 Å². The van der Waals surface area contributed by atoms with Gasteiger partial charge in [0.1, 0.15) is 0 Å². The van der Waals surface area contributed by atoms with Gasteiger partial charge in [-0.25, -0.2) is 0 Å². The van der Waals surface area contributed by atoms with E-state index in [0.29, 0.717) is 11.3 Å². The zero-order chi connectivity index (χ0) is 15.5. The van der Waals surface area contributed by atoms with Crippen LogP contribution < -0.4 is 5.48 Å². The maximum absolute atomic E-state index is 10.5. The smallest absolute Gasteiger partial charge is 0.0596 e. The highest BCUT2D eigenvalue weighted by Crippen LogP contribution is 2.65. The van der Waals surface area contributed by atoms with Crippen molar-refractivity contribution >= 4 is 0 Å². The first-order valence-electron chi connectivity index (χ1n) is 9.28. The standard InChI is InChI=1S/C19H31NO2/c1-18-9-7-13(20-22)11-12(18)3-4-14-15-5-6-17(21)19(15,2)10-8-16(14)18/h11-12,14-17,20-22H,3-10H2,1-2H3/t12-,14-,15+,16-,17-,18-,19+/m1/s1. The van der Waals surface area contributed by atoms with E-state index >= 15 is 0 Å². The van der Waals surface area contributed by atoms with E-state index in [1.807, 2.05) is 0 Å². The number of hydrogen-bond donors (Lipinski definition) is 3. The highest BCUT2D eigenvalue weighted by atomic mass is 16.5. The number of hydrogen-bond acceptors (Lipinski definition) is 3. The minimum atomic E-state index is -0.0691. The molecular formula is C19H31NO2. The summed E-state index contributed by atoms with van der Waals surface area (Å²) in [5.41, 5.74) is 4.02. The molecule has 4 aliphatic rings. The lowest BCUT2D eigenvalue weighted by molar-refractivity contribution is -0.105. The van der Waals surface area contributed by atoms with E-state index < -0.39 is 0 Å². The first-order valence-corrected chi connectivity index (χ1v) is 9.28. The van der Waals surface area contributed by atoms with Gasteiger partial charge in [0.2, 0.25) is 0 Å². The molecule has 0 aromatic heterocycles. The Balaban J connectivity index is 1.63. The predicted molar refractivity (Wildman–Crippen MR) is 86.1 cm³/mol. The fourth-order valence-electron chi connectivity index (χ4n) is 6.93. The van der Waals surface area contributed by atoms with Crippen LogP contribution in [0.5, 0.6) is 0 Å². The quantitative estimate of drug-likeness (QED) is 0.645. The summed E-state index contributed by atoms with van der Waals surface area (Å²) in [4.78, 5) is 0. The molecule has 4 rings (SSSR count). The zero-order valence-corrected chi connectivity index (χ0v) is 14.0. The summed E-state index contributed by atoms with van der Waals surface area (Å²) in [6, 6.07) is 0. The van der Waals surface area contributed by atoms with Crippen LogP contribution in [0.1, 0.15) is 65.2 Å². The molecule has 3 nitrogen and oxygen atoms in total. The predicted octanol–water partition coefficient (Wildman–Crippen LogP) is 3.86. The van der Waals surface area contributed by atoms with Gasteiger partial charge in [0, 0.05) is 5.70 Å². The van der Waals surface area contributed by atoms with Crippen LogP contribution in [0.25, 0.3) is 0 Å². The van der Waals surface area contributed by atoms with Gasteiger partial charge in [-0.2, -0.15) is 0 Å². The van der Waals surface area contributed by atoms with Gasteiger partial charge in [0.15, 0.2) is 0 Å². The normalized spacial score (nSPS) is 54.0. The van der Waals surface area contributed by atoms with Gasteiger partial charge < -0.3 is 5.11 Å². The Morgan fingerprint density at radius 1 is 1.00 bits per heavy atom. The fraction of sp³-hybridized carbons (Fsp3) is 0.895. The Labute approximate surface area is 134 Å². The largest absolute Gasteiger partial charge is 0.393 e. The summed E-state index contributed by atoms with van der Waals surface area (Å²) < 4.78 is 0. The van der Waals surface area contributed by atoms with Crippen molar-refractivity contribution in [2.24, 2.45) is 34.5 Å². The number of nitrogens with one attached hydrogen (secondary N) is 1. The van der Waals surface area contributed by atoms with E-state index in [0.717, 1.165) is 36.3 Å². The van der Waals surface area contributed by atoms with Gasteiger partial charge in [0.05, 0.1) is 6.10 Å². The molecule has 3 N–H and O–H groups in total. The van der Waals surface area contributed by atoms with Crippen LogP contribution in [0, 0.1) is 34.5 Å². The number of fused-ring (bicyclic) bond motifs is 5. The number of aliphatic hydroxyl groups excluding tert-OH is 1. The van der Waals surface area contributed by atoms with Crippen LogP contribution in [0.2, 0.25) is 0 Å². The summed E-state index contributed by atoms with van der Waals surface area (Å²) >= 11 is 0. The highest BCUT2D eigenvalue weighted by Gasteiger charge is 2.59. The van der Waals surface area contributed by atoms with E-state index in [4.69, 9.17) is 0 Å². The Hall–Kier alpha value is -0.540. The van der Waals surface area contributed by atoms with E-state index in [2.05, 4.69) is 25.4 Å². The van der Waals surface area contributed by atoms with E-state index in [1.165, 1.54) is 38.5 Å². The first-order chi connectivity index (χ1) is 10.5. The molecule has 3 fully saturated rings. The van der Waals surface area contributed by atoms with Crippen molar-refractivity contribution in [2.45, 2.75) is 71.3 Å². The first kappa shape index (κ1) is 15.0. The molecule has 0 spiro atoms. The van der Waals surface area contributed by atoms with Gasteiger partial charge >= 0.3 is 0 Å². The van der Waals surface area contributed by atoms with Crippen molar-refractivity contribution in [3.63, 3.8) is 0 Å². The molecule has 0 radical (unpaired) electrons. The Morgan fingerprint density at radius 3 is 2.55 bits per heavy atom. The van der Waals surface area contributed by atoms with Crippen molar-refractivity contribution < 1.29 is 10.3 Å². The van der Waals surface area contributed by atoms with Gasteiger partial charge in [-0.3, -0.25) is 10.7 Å². The lowest BCUT2D eigenvalue weighted by atomic mass is 9.46. The molecule has 0 unspecified atom stereocenters.